The molecular formula is C20H19BrF3N3O2. The molecule has 0 aliphatic rings. The maximum absolute atomic E-state index is 12.9. The van der Waals surface area contributed by atoms with Crippen molar-refractivity contribution in [2.45, 2.75) is 40.0 Å². The van der Waals surface area contributed by atoms with Gasteiger partial charge in [0.25, 0.3) is 11.5 Å². The van der Waals surface area contributed by atoms with Gasteiger partial charge in [-0.25, -0.2) is 0 Å². The lowest BCUT2D eigenvalue weighted by Crippen LogP contribution is -2.28. The Balaban J connectivity index is 1.95. The molecule has 0 radical (unpaired) electrons. The van der Waals surface area contributed by atoms with E-state index >= 15 is 0 Å². The lowest BCUT2D eigenvalue weighted by molar-refractivity contribution is -0.139. The minimum absolute atomic E-state index is 0.0128. The molecule has 0 unspecified atom stereocenters. The topological polar surface area (TPSA) is 66.9 Å². The van der Waals surface area contributed by atoms with Crippen LogP contribution >= 0.6 is 15.9 Å². The number of rotatable bonds is 4. The number of aryl methyl sites for hydroxylation is 3. The number of halogens is 4. The van der Waals surface area contributed by atoms with E-state index in [-0.39, 0.29) is 17.7 Å². The number of pyridine rings is 1. The summed E-state index contributed by atoms with van der Waals surface area (Å²) in [5.74, 6) is -0.468. The fraction of sp³-hybridized carbons (Fsp3) is 0.300. The summed E-state index contributed by atoms with van der Waals surface area (Å²) in [6.07, 6.45) is -3.03. The van der Waals surface area contributed by atoms with Gasteiger partial charge in [0.05, 0.1) is 5.52 Å². The van der Waals surface area contributed by atoms with E-state index in [1.165, 1.54) is 6.20 Å². The van der Waals surface area contributed by atoms with Crippen LogP contribution in [-0.2, 0) is 13.1 Å². The molecule has 0 saturated heterocycles. The molecule has 2 heterocycles. The third-order valence-electron chi connectivity index (χ3n) is 4.76. The quantitative estimate of drug-likeness (QED) is 0.590. The van der Waals surface area contributed by atoms with E-state index in [1.807, 2.05) is 0 Å². The van der Waals surface area contributed by atoms with E-state index < -0.39 is 18.6 Å². The Labute approximate surface area is 173 Å². The predicted octanol–water partition coefficient (Wildman–Crippen LogP) is 4.51. The Morgan fingerprint density at radius 2 is 1.93 bits per heavy atom. The molecule has 29 heavy (non-hydrogen) atoms. The molecule has 0 atom stereocenters. The van der Waals surface area contributed by atoms with Crippen molar-refractivity contribution in [3.05, 3.63) is 67.2 Å². The van der Waals surface area contributed by atoms with Crippen LogP contribution in [0, 0.1) is 20.8 Å². The second kappa shape index (κ2) is 7.70. The van der Waals surface area contributed by atoms with Crippen LogP contribution in [0.4, 0.5) is 13.2 Å². The van der Waals surface area contributed by atoms with Gasteiger partial charge in [0.15, 0.2) is 0 Å². The van der Waals surface area contributed by atoms with Gasteiger partial charge in [0, 0.05) is 39.4 Å². The van der Waals surface area contributed by atoms with Crippen LogP contribution in [0.1, 0.15) is 32.7 Å². The first-order valence-electron chi connectivity index (χ1n) is 8.80. The molecule has 5 nitrogen and oxygen atoms in total. The van der Waals surface area contributed by atoms with Gasteiger partial charge in [-0.1, -0.05) is 15.9 Å². The van der Waals surface area contributed by atoms with E-state index in [0.29, 0.717) is 26.5 Å². The Morgan fingerprint density at radius 3 is 2.55 bits per heavy atom. The molecular weight excluding hydrogens is 451 g/mol. The Bertz CT molecular complexity index is 1160. The van der Waals surface area contributed by atoms with E-state index in [0.717, 1.165) is 15.8 Å². The van der Waals surface area contributed by atoms with Crippen molar-refractivity contribution < 1.29 is 18.0 Å². The van der Waals surface area contributed by atoms with Crippen LogP contribution in [0.3, 0.4) is 0 Å². The van der Waals surface area contributed by atoms with Crippen molar-refractivity contribution in [2.24, 2.45) is 0 Å². The van der Waals surface area contributed by atoms with Crippen LogP contribution in [0.5, 0.6) is 0 Å². The number of hydrogen-bond donors (Lipinski definition) is 2. The van der Waals surface area contributed by atoms with Crippen LogP contribution in [0.2, 0.25) is 0 Å². The molecule has 0 fully saturated rings. The summed E-state index contributed by atoms with van der Waals surface area (Å²) in [5.41, 5.74) is 2.64. The number of fused-ring (bicyclic) bond motifs is 1. The number of hydrogen-bond acceptors (Lipinski definition) is 2. The zero-order valence-electron chi connectivity index (χ0n) is 16.0. The van der Waals surface area contributed by atoms with Gasteiger partial charge < -0.3 is 14.9 Å². The number of alkyl halides is 3. The van der Waals surface area contributed by atoms with Crippen molar-refractivity contribution in [1.29, 1.82) is 0 Å². The number of H-pyrrole nitrogens is 1. The molecule has 1 amide bonds. The lowest BCUT2D eigenvalue weighted by Gasteiger charge is -2.14. The number of benzene rings is 1. The third kappa shape index (κ3) is 4.39. The monoisotopic (exact) mass is 469 g/mol. The molecule has 3 rings (SSSR count). The van der Waals surface area contributed by atoms with Crippen molar-refractivity contribution in [1.82, 2.24) is 14.9 Å². The van der Waals surface area contributed by atoms with Gasteiger partial charge in [0.2, 0.25) is 0 Å². The average molecular weight is 470 g/mol. The smallest absolute Gasteiger partial charge is 0.348 e. The Morgan fingerprint density at radius 1 is 1.24 bits per heavy atom. The summed E-state index contributed by atoms with van der Waals surface area (Å²) in [7, 11) is 0. The summed E-state index contributed by atoms with van der Waals surface area (Å²) in [6, 6.07) is 4.97. The van der Waals surface area contributed by atoms with Gasteiger partial charge in [0.1, 0.15) is 6.54 Å². The predicted molar refractivity (Wildman–Crippen MR) is 108 cm³/mol. The zero-order valence-corrected chi connectivity index (χ0v) is 17.6. The highest BCUT2D eigenvalue weighted by molar-refractivity contribution is 9.10. The van der Waals surface area contributed by atoms with Crippen molar-refractivity contribution in [2.75, 3.05) is 0 Å². The minimum Gasteiger partial charge on any atom is -0.348 e. The summed E-state index contributed by atoms with van der Waals surface area (Å²) in [5, 5.41) is 3.29. The lowest BCUT2D eigenvalue weighted by atomic mass is 10.0. The number of carbonyl (C=O) groups excluding carboxylic acids is 1. The van der Waals surface area contributed by atoms with E-state index in [2.05, 4.69) is 26.2 Å². The first kappa shape index (κ1) is 21.2. The molecule has 0 aliphatic heterocycles. The summed E-state index contributed by atoms with van der Waals surface area (Å²) >= 11 is 3.34. The second-order valence-corrected chi connectivity index (χ2v) is 7.83. The van der Waals surface area contributed by atoms with Crippen LogP contribution in [0.25, 0.3) is 10.9 Å². The summed E-state index contributed by atoms with van der Waals surface area (Å²) in [6.45, 7) is 4.02. The highest BCUT2D eigenvalue weighted by atomic mass is 79.9. The average Bonchev–Trinajstić information content (AvgIpc) is 2.99. The fourth-order valence-electron chi connectivity index (χ4n) is 3.45. The second-order valence-electron chi connectivity index (χ2n) is 6.98. The normalized spacial score (nSPS) is 11.8. The number of aromatic nitrogens is 2. The highest BCUT2D eigenvalue weighted by Gasteiger charge is 2.29. The molecule has 0 spiro atoms. The maximum Gasteiger partial charge on any atom is 0.406 e. The standard InChI is InChI=1S/C20H19BrF3N3O2/c1-10-6-11(2)26-19(29)15(10)8-25-18(28)14-7-16(21)13-4-5-27(9-20(22,23)24)17(13)12(14)3/h4-7H,8-9H2,1-3H3,(H,25,28)(H,26,29). The molecule has 2 N–H and O–H groups in total. The van der Waals surface area contributed by atoms with Gasteiger partial charge in [-0.15, -0.1) is 0 Å². The third-order valence-corrected chi connectivity index (χ3v) is 5.42. The zero-order chi connectivity index (χ0) is 21.5. The SMILES string of the molecule is Cc1cc(C)c(CNC(=O)c2cc(Br)c3ccn(CC(F)(F)F)c3c2C)c(=O)[nH]1. The van der Waals surface area contributed by atoms with Crippen LogP contribution in [0.15, 0.2) is 33.7 Å². The maximum atomic E-state index is 12.9. The Hall–Kier alpha value is -2.55. The van der Waals surface area contributed by atoms with Crippen LogP contribution < -0.4 is 10.9 Å². The molecule has 3 aromatic rings. The van der Waals surface area contributed by atoms with E-state index in [1.54, 1.807) is 39.0 Å². The largest absolute Gasteiger partial charge is 0.406 e. The number of carbonyl (C=O) groups is 1. The van der Waals surface area contributed by atoms with Crippen molar-refractivity contribution in [3.63, 3.8) is 0 Å². The van der Waals surface area contributed by atoms with Gasteiger partial charge in [-0.3, -0.25) is 9.59 Å². The molecule has 1 aromatic carbocycles. The Kier molecular flexibility index (Phi) is 5.62. The molecule has 0 bridgehead atoms. The fourth-order valence-corrected chi connectivity index (χ4v) is 4.00. The summed E-state index contributed by atoms with van der Waals surface area (Å²) < 4.78 is 40.3. The molecule has 154 valence electrons. The molecule has 9 heteroatoms. The molecule has 0 aliphatic carbocycles. The molecule has 0 saturated carbocycles. The first-order chi connectivity index (χ1) is 13.5. The summed E-state index contributed by atoms with van der Waals surface area (Å²) in [4.78, 5) is 27.6. The van der Waals surface area contributed by atoms with Gasteiger partial charge in [-0.2, -0.15) is 13.2 Å². The number of aromatic amines is 1. The van der Waals surface area contributed by atoms with Crippen molar-refractivity contribution >= 4 is 32.7 Å². The van der Waals surface area contributed by atoms with Gasteiger partial charge >= 0.3 is 6.18 Å². The van der Waals surface area contributed by atoms with Crippen molar-refractivity contribution in [3.8, 4) is 0 Å². The molecule has 2 aromatic heterocycles. The van der Waals surface area contributed by atoms with E-state index in [9.17, 15) is 22.8 Å². The van der Waals surface area contributed by atoms with Crippen LogP contribution in [-0.4, -0.2) is 21.6 Å². The highest BCUT2D eigenvalue weighted by Crippen LogP contribution is 2.32. The number of amides is 1. The first-order valence-corrected chi connectivity index (χ1v) is 9.59. The number of nitrogens with one attached hydrogen (secondary N) is 2. The number of nitrogens with zero attached hydrogens (tertiary/aromatic N) is 1. The van der Waals surface area contributed by atoms with Gasteiger partial charge in [-0.05, 0) is 50.1 Å². The minimum atomic E-state index is -4.38. The van der Waals surface area contributed by atoms with E-state index in [4.69, 9.17) is 0 Å².